The maximum atomic E-state index is 14.3. The number of rotatable bonds is 7. The normalized spacial score (nSPS) is 18.0. The molecule has 5 heteroatoms. The van der Waals surface area contributed by atoms with Crippen LogP contribution >= 0.6 is 0 Å². The van der Waals surface area contributed by atoms with Crippen LogP contribution in [0.4, 0.5) is 4.39 Å². The van der Waals surface area contributed by atoms with Crippen molar-refractivity contribution >= 4 is 6.29 Å². The molecule has 23 heavy (non-hydrogen) atoms. The lowest BCUT2D eigenvalue weighted by molar-refractivity contribution is -0.109. The molecule has 1 unspecified atom stereocenters. The number of ether oxygens (including phenoxy) is 1. The van der Waals surface area contributed by atoms with Gasteiger partial charge in [-0.1, -0.05) is 13.0 Å². The molecule has 126 valence electrons. The molecule has 0 amide bonds. The van der Waals surface area contributed by atoms with Crippen molar-refractivity contribution in [1.82, 2.24) is 10.4 Å². The summed E-state index contributed by atoms with van der Waals surface area (Å²) < 4.78 is 19.8. The molecule has 1 aliphatic rings. The Hall–Kier alpha value is -1.88. The van der Waals surface area contributed by atoms with E-state index in [1.807, 2.05) is 32.7 Å². The van der Waals surface area contributed by atoms with Gasteiger partial charge in [0.2, 0.25) is 0 Å². The number of hydrogen-bond donors (Lipinski definition) is 1. The van der Waals surface area contributed by atoms with Crippen LogP contribution in [0, 0.1) is 5.82 Å². The van der Waals surface area contributed by atoms with Gasteiger partial charge in [0.25, 0.3) is 0 Å². The molecule has 0 fully saturated rings. The zero-order chi connectivity index (χ0) is 17.0. The second-order valence-electron chi connectivity index (χ2n) is 6.10. The van der Waals surface area contributed by atoms with E-state index in [-0.39, 0.29) is 11.9 Å². The minimum Gasteiger partial charge on any atom is -0.494 e. The van der Waals surface area contributed by atoms with E-state index in [9.17, 15) is 9.18 Å². The number of benzene rings is 1. The van der Waals surface area contributed by atoms with Gasteiger partial charge in [-0.3, -0.25) is 0 Å². The Labute approximate surface area is 137 Å². The Balaban J connectivity index is 2.21. The molecule has 1 aromatic rings. The van der Waals surface area contributed by atoms with Crippen LogP contribution in [-0.4, -0.2) is 30.0 Å². The first-order valence-electron chi connectivity index (χ1n) is 8.09. The van der Waals surface area contributed by atoms with Gasteiger partial charge in [-0.05, 0) is 44.4 Å². The van der Waals surface area contributed by atoms with Gasteiger partial charge in [0, 0.05) is 24.2 Å². The highest BCUT2D eigenvalue weighted by Crippen LogP contribution is 2.27. The van der Waals surface area contributed by atoms with Gasteiger partial charge in [0.1, 0.15) is 23.9 Å². The molecule has 1 atom stereocenters. The van der Waals surface area contributed by atoms with Gasteiger partial charge in [-0.25, -0.2) is 9.82 Å². The van der Waals surface area contributed by atoms with Gasteiger partial charge in [0.05, 0.1) is 6.61 Å². The number of hydrazine groups is 1. The highest BCUT2D eigenvalue weighted by atomic mass is 19.1. The number of nitrogens with one attached hydrogen (secondary N) is 1. The summed E-state index contributed by atoms with van der Waals surface area (Å²) in [6.07, 6.45) is 2.16. The van der Waals surface area contributed by atoms with Crippen molar-refractivity contribution in [3.63, 3.8) is 0 Å². The Morgan fingerprint density at radius 1 is 1.43 bits per heavy atom. The van der Waals surface area contributed by atoms with E-state index in [2.05, 4.69) is 5.43 Å². The Bertz CT molecular complexity index is 599. The fourth-order valence-corrected chi connectivity index (χ4v) is 2.78. The lowest BCUT2D eigenvalue weighted by Gasteiger charge is -2.25. The van der Waals surface area contributed by atoms with Gasteiger partial charge in [-0.15, -0.1) is 0 Å². The molecule has 4 nitrogen and oxygen atoms in total. The molecule has 2 rings (SSSR count). The standard InChI is InChI=1S/C18H25FN2O2/c1-5-8-23-15-7-6-14(17(19)10-15)9-16-13(4)21(12(2)3)20-18(16)11-22/h6-7,10-12,18,20H,5,8-9H2,1-4H3. The van der Waals surface area contributed by atoms with Gasteiger partial charge in [0.15, 0.2) is 0 Å². The summed E-state index contributed by atoms with van der Waals surface area (Å²) in [7, 11) is 0. The van der Waals surface area contributed by atoms with Gasteiger partial charge in [-0.2, -0.15) is 0 Å². The van der Waals surface area contributed by atoms with Crippen molar-refractivity contribution in [2.24, 2.45) is 0 Å². The Morgan fingerprint density at radius 3 is 2.74 bits per heavy atom. The van der Waals surface area contributed by atoms with E-state index in [0.29, 0.717) is 24.3 Å². The molecule has 0 aliphatic carbocycles. The number of allylic oxidation sites excluding steroid dienone is 1. The second-order valence-corrected chi connectivity index (χ2v) is 6.10. The third kappa shape index (κ3) is 3.91. The number of halogens is 1. The molecule has 1 aromatic carbocycles. The molecule has 1 N–H and O–H groups in total. The largest absolute Gasteiger partial charge is 0.494 e. The average Bonchev–Trinajstić information content (AvgIpc) is 2.84. The lowest BCUT2D eigenvalue weighted by atomic mass is 9.98. The lowest BCUT2D eigenvalue weighted by Crippen LogP contribution is -2.42. The molecule has 0 saturated heterocycles. The highest BCUT2D eigenvalue weighted by Gasteiger charge is 2.30. The zero-order valence-corrected chi connectivity index (χ0v) is 14.2. The first-order valence-corrected chi connectivity index (χ1v) is 8.09. The average molecular weight is 320 g/mol. The van der Waals surface area contributed by atoms with Crippen LogP contribution in [0.25, 0.3) is 0 Å². The van der Waals surface area contributed by atoms with Crippen molar-refractivity contribution in [3.05, 3.63) is 40.8 Å². The summed E-state index contributed by atoms with van der Waals surface area (Å²) >= 11 is 0. The summed E-state index contributed by atoms with van der Waals surface area (Å²) in [4.78, 5) is 11.3. The minimum absolute atomic E-state index is 0.226. The van der Waals surface area contributed by atoms with Crippen LogP contribution < -0.4 is 10.2 Å². The maximum absolute atomic E-state index is 14.3. The summed E-state index contributed by atoms with van der Waals surface area (Å²) in [5.41, 5.74) is 5.64. The van der Waals surface area contributed by atoms with E-state index >= 15 is 0 Å². The Kier molecular flexibility index (Phi) is 5.77. The molecular formula is C18H25FN2O2. The molecule has 1 heterocycles. The molecule has 0 saturated carbocycles. The number of hydrogen-bond acceptors (Lipinski definition) is 4. The monoisotopic (exact) mass is 320 g/mol. The van der Waals surface area contributed by atoms with Crippen molar-refractivity contribution in [2.75, 3.05) is 6.61 Å². The maximum Gasteiger partial charge on any atom is 0.142 e. The van der Waals surface area contributed by atoms with E-state index < -0.39 is 6.04 Å². The second kappa shape index (κ2) is 7.59. The fourth-order valence-electron chi connectivity index (χ4n) is 2.78. The summed E-state index contributed by atoms with van der Waals surface area (Å²) in [6.45, 7) is 8.63. The molecule has 1 aliphatic heterocycles. The van der Waals surface area contributed by atoms with E-state index in [0.717, 1.165) is 24.0 Å². The summed E-state index contributed by atoms with van der Waals surface area (Å²) in [6, 6.07) is 4.76. The molecule has 0 spiro atoms. The molecule has 0 radical (unpaired) electrons. The van der Waals surface area contributed by atoms with Crippen molar-refractivity contribution in [3.8, 4) is 5.75 Å². The number of carbonyl (C=O) groups is 1. The van der Waals surface area contributed by atoms with Crippen molar-refractivity contribution in [2.45, 2.75) is 52.6 Å². The van der Waals surface area contributed by atoms with Gasteiger partial charge < -0.3 is 14.5 Å². The Morgan fingerprint density at radius 2 is 2.17 bits per heavy atom. The third-order valence-corrected chi connectivity index (χ3v) is 4.01. The highest BCUT2D eigenvalue weighted by molar-refractivity contribution is 5.65. The summed E-state index contributed by atoms with van der Waals surface area (Å²) in [5, 5.41) is 1.96. The zero-order valence-electron chi connectivity index (χ0n) is 14.2. The third-order valence-electron chi connectivity index (χ3n) is 4.01. The fraction of sp³-hybridized carbons (Fsp3) is 0.500. The van der Waals surface area contributed by atoms with E-state index in [4.69, 9.17) is 4.74 Å². The molecular weight excluding hydrogens is 295 g/mol. The quantitative estimate of drug-likeness (QED) is 0.783. The number of aldehydes is 1. The van der Waals surface area contributed by atoms with Crippen LogP contribution in [0.2, 0.25) is 0 Å². The van der Waals surface area contributed by atoms with Gasteiger partial charge >= 0.3 is 0 Å². The van der Waals surface area contributed by atoms with Crippen LogP contribution in [0.5, 0.6) is 5.75 Å². The van der Waals surface area contributed by atoms with E-state index in [1.54, 1.807) is 12.1 Å². The first kappa shape index (κ1) is 17.5. The molecule has 0 bridgehead atoms. The van der Waals surface area contributed by atoms with Crippen LogP contribution in [0.3, 0.4) is 0 Å². The van der Waals surface area contributed by atoms with Crippen LogP contribution in [0.1, 0.15) is 39.7 Å². The molecule has 0 aromatic heterocycles. The minimum atomic E-state index is -0.396. The van der Waals surface area contributed by atoms with E-state index in [1.165, 1.54) is 6.07 Å². The van der Waals surface area contributed by atoms with Crippen molar-refractivity contribution in [1.29, 1.82) is 0 Å². The predicted molar refractivity (Wildman–Crippen MR) is 88.6 cm³/mol. The van der Waals surface area contributed by atoms with Crippen molar-refractivity contribution < 1.29 is 13.9 Å². The topological polar surface area (TPSA) is 41.6 Å². The smallest absolute Gasteiger partial charge is 0.142 e. The predicted octanol–water partition coefficient (Wildman–Crippen LogP) is 3.23. The SMILES string of the molecule is CCCOc1ccc(CC2=C(C)N(C(C)C)NC2C=O)c(F)c1. The van der Waals surface area contributed by atoms with Crippen LogP contribution in [0.15, 0.2) is 29.5 Å². The van der Waals surface area contributed by atoms with Crippen LogP contribution in [-0.2, 0) is 11.2 Å². The number of carbonyl (C=O) groups excluding carboxylic acids is 1. The number of nitrogens with zero attached hydrogens (tertiary/aromatic N) is 1. The summed E-state index contributed by atoms with van der Waals surface area (Å²) in [5.74, 6) is 0.241. The first-order chi connectivity index (χ1) is 11.0.